The van der Waals surface area contributed by atoms with E-state index in [1.54, 1.807) is 0 Å². The van der Waals surface area contributed by atoms with E-state index in [1.807, 2.05) is 6.92 Å². The van der Waals surface area contributed by atoms with Crippen molar-refractivity contribution in [3.05, 3.63) is 22.8 Å². The predicted molar refractivity (Wildman–Crippen MR) is 56.2 cm³/mol. The Kier molecular flexibility index (Phi) is 3.58. The summed E-state index contributed by atoms with van der Waals surface area (Å²) in [6.45, 7) is 8.27. The van der Waals surface area contributed by atoms with Crippen molar-refractivity contribution in [1.29, 1.82) is 0 Å². The summed E-state index contributed by atoms with van der Waals surface area (Å²) >= 11 is 0. The van der Waals surface area contributed by atoms with E-state index in [0.717, 1.165) is 17.8 Å². The summed E-state index contributed by atoms with van der Waals surface area (Å²) in [5, 5.41) is 8.99. The van der Waals surface area contributed by atoms with Crippen molar-refractivity contribution in [3.8, 4) is 0 Å². The molecule has 1 aromatic heterocycles. The molecule has 0 radical (unpaired) electrons. The Morgan fingerprint density at radius 3 is 2.36 bits per heavy atom. The lowest BCUT2D eigenvalue weighted by Gasteiger charge is -2.14. The molecule has 3 heteroatoms. The van der Waals surface area contributed by atoms with Gasteiger partial charge in [-0.25, -0.2) is 9.97 Å². The number of hydrogen-bond acceptors (Lipinski definition) is 3. The zero-order valence-corrected chi connectivity index (χ0v) is 9.33. The van der Waals surface area contributed by atoms with Gasteiger partial charge in [-0.3, -0.25) is 0 Å². The van der Waals surface area contributed by atoms with Gasteiger partial charge in [0.2, 0.25) is 0 Å². The lowest BCUT2D eigenvalue weighted by molar-refractivity contribution is 0.270. The predicted octanol–water partition coefficient (Wildman–Crippen LogP) is 1.96. The van der Waals surface area contributed by atoms with Crippen molar-refractivity contribution in [2.45, 2.75) is 46.6 Å². The van der Waals surface area contributed by atoms with E-state index in [-0.39, 0.29) is 6.61 Å². The molecule has 0 aliphatic heterocycles. The van der Waals surface area contributed by atoms with Crippen LogP contribution in [0.25, 0.3) is 0 Å². The maximum Gasteiger partial charge on any atom is 0.154 e. The minimum absolute atomic E-state index is 0.0772. The molecule has 0 spiro atoms. The van der Waals surface area contributed by atoms with Crippen LogP contribution in [0.2, 0.25) is 0 Å². The van der Waals surface area contributed by atoms with Gasteiger partial charge in [-0.15, -0.1) is 0 Å². The summed E-state index contributed by atoms with van der Waals surface area (Å²) in [5.74, 6) is 0.974. The number of aromatic nitrogens is 2. The molecule has 3 nitrogen and oxygen atoms in total. The van der Waals surface area contributed by atoms with Crippen LogP contribution in [0.15, 0.2) is 0 Å². The Morgan fingerprint density at radius 2 is 1.93 bits per heavy atom. The van der Waals surface area contributed by atoms with Gasteiger partial charge in [0.15, 0.2) is 5.82 Å². The molecule has 0 amide bonds. The van der Waals surface area contributed by atoms with E-state index in [1.165, 1.54) is 5.56 Å². The summed E-state index contributed by atoms with van der Waals surface area (Å²) in [5.41, 5.74) is 3.29. The normalized spacial score (nSPS) is 11.0. The molecule has 0 saturated heterocycles. The Bertz CT molecular complexity index is 321. The monoisotopic (exact) mass is 194 g/mol. The highest BCUT2D eigenvalue weighted by Gasteiger charge is 2.12. The molecule has 78 valence electrons. The SMILES string of the molecule is CCc1nc(CO)nc(C)c1C(C)C. The Hall–Kier alpha value is -0.960. The molecule has 0 unspecified atom stereocenters. The number of nitrogens with zero attached hydrogens (tertiary/aromatic N) is 2. The smallest absolute Gasteiger partial charge is 0.154 e. The molecular formula is C11H18N2O. The molecule has 1 rings (SSSR count). The van der Waals surface area contributed by atoms with Crippen molar-refractivity contribution in [2.75, 3.05) is 0 Å². The minimum atomic E-state index is -0.0772. The zero-order chi connectivity index (χ0) is 10.7. The molecule has 1 N–H and O–H groups in total. The molecule has 1 heterocycles. The van der Waals surface area contributed by atoms with Gasteiger partial charge in [0.1, 0.15) is 6.61 Å². The molecule has 0 saturated carbocycles. The molecular weight excluding hydrogens is 176 g/mol. The average Bonchev–Trinajstić information content (AvgIpc) is 2.15. The van der Waals surface area contributed by atoms with Crippen LogP contribution in [-0.2, 0) is 13.0 Å². The maximum absolute atomic E-state index is 8.99. The highest BCUT2D eigenvalue weighted by atomic mass is 16.3. The van der Waals surface area contributed by atoms with Crippen LogP contribution in [0.4, 0.5) is 0 Å². The largest absolute Gasteiger partial charge is 0.388 e. The number of aliphatic hydroxyl groups excluding tert-OH is 1. The van der Waals surface area contributed by atoms with Crippen LogP contribution < -0.4 is 0 Å². The van der Waals surface area contributed by atoms with E-state index in [2.05, 4.69) is 30.7 Å². The van der Waals surface area contributed by atoms with Gasteiger partial charge in [-0.2, -0.15) is 0 Å². The molecule has 0 aliphatic rings. The van der Waals surface area contributed by atoms with E-state index < -0.39 is 0 Å². The van der Waals surface area contributed by atoms with Gasteiger partial charge < -0.3 is 5.11 Å². The summed E-state index contributed by atoms with van der Waals surface area (Å²) in [7, 11) is 0. The second-order valence-electron chi connectivity index (χ2n) is 3.75. The summed E-state index contributed by atoms with van der Waals surface area (Å²) < 4.78 is 0. The van der Waals surface area contributed by atoms with Crippen LogP contribution >= 0.6 is 0 Å². The fourth-order valence-electron chi connectivity index (χ4n) is 1.79. The van der Waals surface area contributed by atoms with Gasteiger partial charge in [0.05, 0.1) is 0 Å². The lowest BCUT2D eigenvalue weighted by atomic mass is 9.98. The number of hydrogen-bond donors (Lipinski definition) is 1. The molecule has 0 aliphatic carbocycles. The first-order valence-corrected chi connectivity index (χ1v) is 5.07. The maximum atomic E-state index is 8.99. The van der Waals surface area contributed by atoms with Crippen molar-refractivity contribution < 1.29 is 5.11 Å². The Labute approximate surface area is 85.2 Å². The number of rotatable bonds is 3. The van der Waals surface area contributed by atoms with Crippen LogP contribution in [0, 0.1) is 6.92 Å². The molecule has 0 bridgehead atoms. The molecule has 0 aromatic carbocycles. The topological polar surface area (TPSA) is 46.0 Å². The van der Waals surface area contributed by atoms with Crippen LogP contribution in [0.5, 0.6) is 0 Å². The number of aryl methyl sites for hydroxylation is 2. The van der Waals surface area contributed by atoms with E-state index in [0.29, 0.717) is 11.7 Å². The summed E-state index contributed by atoms with van der Waals surface area (Å²) in [6, 6.07) is 0. The first-order chi connectivity index (χ1) is 6.60. The Morgan fingerprint density at radius 1 is 1.29 bits per heavy atom. The van der Waals surface area contributed by atoms with Crippen LogP contribution in [0.1, 0.15) is 49.5 Å². The van der Waals surface area contributed by atoms with Gasteiger partial charge in [-0.1, -0.05) is 20.8 Å². The first kappa shape index (κ1) is 11.1. The van der Waals surface area contributed by atoms with Crippen molar-refractivity contribution >= 4 is 0 Å². The molecule has 0 fully saturated rings. The van der Waals surface area contributed by atoms with E-state index >= 15 is 0 Å². The molecule has 1 aromatic rings. The fourth-order valence-corrected chi connectivity index (χ4v) is 1.79. The van der Waals surface area contributed by atoms with Crippen LogP contribution in [0.3, 0.4) is 0 Å². The minimum Gasteiger partial charge on any atom is -0.388 e. The third-order valence-electron chi connectivity index (χ3n) is 2.32. The van der Waals surface area contributed by atoms with E-state index in [4.69, 9.17) is 5.11 Å². The van der Waals surface area contributed by atoms with Crippen molar-refractivity contribution in [2.24, 2.45) is 0 Å². The highest BCUT2D eigenvalue weighted by molar-refractivity contribution is 5.28. The van der Waals surface area contributed by atoms with Crippen molar-refractivity contribution in [1.82, 2.24) is 9.97 Å². The Balaban J connectivity index is 3.27. The van der Waals surface area contributed by atoms with E-state index in [9.17, 15) is 0 Å². The summed E-state index contributed by atoms with van der Waals surface area (Å²) in [4.78, 5) is 8.59. The first-order valence-electron chi connectivity index (χ1n) is 5.07. The summed E-state index contributed by atoms with van der Waals surface area (Å²) in [6.07, 6.45) is 0.893. The van der Waals surface area contributed by atoms with Gasteiger partial charge in [-0.05, 0) is 24.8 Å². The lowest BCUT2D eigenvalue weighted by Crippen LogP contribution is -2.08. The number of aliphatic hydroxyl groups is 1. The third kappa shape index (κ3) is 2.10. The molecule has 0 atom stereocenters. The second kappa shape index (κ2) is 4.51. The zero-order valence-electron chi connectivity index (χ0n) is 9.33. The van der Waals surface area contributed by atoms with Crippen LogP contribution in [-0.4, -0.2) is 15.1 Å². The van der Waals surface area contributed by atoms with Crippen molar-refractivity contribution in [3.63, 3.8) is 0 Å². The third-order valence-corrected chi connectivity index (χ3v) is 2.32. The van der Waals surface area contributed by atoms with Gasteiger partial charge >= 0.3 is 0 Å². The fraction of sp³-hybridized carbons (Fsp3) is 0.636. The van der Waals surface area contributed by atoms with Gasteiger partial charge in [0, 0.05) is 11.4 Å². The average molecular weight is 194 g/mol. The highest BCUT2D eigenvalue weighted by Crippen LogP contribution is 2.21. The quantitative estimate of drug-likeness (QED) is 0.800. The molecule has 14 heavy (non-hydrogen) atoms. The van der Waals surface area contributed by atoms with Gasteiger partial charge in [0.25, 0.3) is 0 Å². The second-order valence-corrected chi connectivity index (χ2v) is 3.75. The standard InChI is InChI=1S/C11H18N2O/c1-5-9-11(7(2)3)8(4)12-10(6-14)13-9/h7,14H,5-6H2,1-4H3.